The van der Waals surface area contributed by atoms with E-state index in [0.717, 1.165) is 5.92 Å². The van der Waals surface area contributed by atoms with Crippen molar-refractivity contribution in [1.82, 2.24) is 0 Å². The lowest BCUT2D eigenvalue weighted by atomic mass is 9.84. The van der Waals surface area contributed by atoms with Crippen LogP contribution in [0.1, 0.15) is 63.4 Å². The zero-order chi connectivity index (χ0) is 13.3. The van der Waals surface area contributed by atoms with Gasteiger partial charge in [0, 0.05) is 6.04 Å². The van der Waals surface area contributed by atoms with Crippen LogP contribution in [0.4, 0.5) is 0 Å². The highest BCUT2D eigenvalue weighted by Crippen LogP contribution is 2.26. The summed E-state index contributed by atoms with van der Waals surface area (Å²) in [5, 5.41) is 0. The molecular weight excluding hydrogens is 230 g/mol. The average molecular weight is 259 g/mol. The molecule has 1 unspecified atom stereocenters. The average Bonchev–Trinajstić information content (AvgIpc) is 2.39. The monoisotopic (exact) mass is 259 g/mol. The van der Waals surface area contributed by atoms with Gasteiger partial charge in [0.2, 0.25) is 0 Å². The Morgan fingerprint density at radius 2 is 1.58 bits per heavy atom. The largest absolute Gasteiger partial charge is 0.327 e. The predicted octanol–water partition coefficient (Wildman–Crippen LogP) is 4.70. The molecule has 1 fully saturated rings. The highest BCUT2D eigenvalue weighted by Gasteiger charge is 2.18. The van der Waals surface area contributed by atoms with Crippen molar-refractivity contribution in [3.63, 3.8) is 0 Å². The fourth-order valence-electron chi connectivity index (χ4n) is 3.34. The lowest BCUT2D eigenvalue weighted by Crippen LogP contribution is -2.30. The van der Waals surface area contributed by atoms with E-state index in [2.05, 4.69) is 30.3 Å². The van der Waals surface area contributed by atoms with Gasteiger partial charge in [0.1, 0.15) is 0 Å². The highest BCUT2D eigenvalue weighted by atomic mass is 14.6. The molecule has 0 bridgehead atoms. The first-order valence-electron chi connectivity index (χ1n) is 8.16. The molecule has 0 amide bonds. The van der Waals surface area contributed by atoms with Crippen molar-refractivity contribution in [2.75, 3.05) is 0 Å². The third-order valence-corrected chi connectivity index (χ3v) is 4.60. The molecule has 0 aromatic heterocycles. The molecule has 0 spiro atoms. The Kier molecular flexibility index (Phi) is 6.43. The SMILES string of the molecule is NC(CCCc1ccccc1)C1CCCCCCC1. The fraction of sp³-hybridized carbons (Fsp3) is 0.667. The van der Waals surface area contributed by atoms with Crippen LogP contribution in [-0.2, 0) is 6.42 Å². The molecule has 0 radical (unpaired) electrons. The third kappa shape index (κ3) is 5.36. The lowest BCUT2D eigenvalue weighted by Gasteiger charge is -2.25. The maximum atomic E-state index is 6.43. The second-order valence-electron chi connectivity index (χ2n) is 6.15. The molecule has 1 aliphatic rings. The van der Waals surface area contributed by atoms with E-state index in [1.165, 1.54) is 69.8 Å². The van der Waals surface area contributed by atoms with Crippen LogP contribution < -0.4 is 5.73 Å². The van der Waals surface area contributed by atoms with Crippen LogP contribution in [0.2, 0.25) is 0 Å². The summed E-state index contributed by atoms with van der Waals surface area (Å²) >= 11 is 0. The van der Waals surface area contributed by atoms with Gasteiger partial charge in [-0.2, -0.15) is 0 Å². The summed E-state index contributed by atoms with van der Waals surface area (Å²) in [6.45, 7) is 0. The zero-order valence-corrected chi connectivity index (χ0v) is 12.2. The minimum Gasteiger partial charge on any atom is -0.327 e. The van der Waals surface area contributed by atoms with Gasteiger partial charge in [-0.3, -0.25) is 0 Å². The van der Waals surface area contributed by atoms with Gasteiger partial charge < -0.3 is 5.73 Å². The zero-order valence-electron chi connectivity index (χ0n) is 12.2. The van der Waals surface area contributed by atoms with Crippen molar-refractivity contribution < 1.29 is 0 Å². The van der Waals surface area contributed by atoms with Gasteiger partial charge in [-0.05, 0) is 43.6 Å². The van der Waals surface area contributed by atoms with Crippen LogP contribution in [-0.4, -0.2) is 6.04 Å². The Balaban J connectivity index is 1.69. The minimum absolute atomic E-state index is 0.432. The molecule has 1 nitrogen and oxygen atoms in total. The summed E-state index contributed by atoms with van der Waals surface area (Å²) in [6.07, 6.45) is 13.4. The number of benzene rings is 1. The molecule has 19 heavy (non-hydrogen) atoms. The Hall–Kier alpha value is -0.820. The van der Waals surface area contributed by atoms with Crippen LogP contribution in [0.15, 0.2) is 30.3 Å². The van der Waals surface area contributed by atoms with Crippen molar-refractivity contribution in [3.8, 4) is 0 Å². The van der Waals surface area contributed by atoms with E-state index >= 15 is 0 Å². The van der Waals surface area contributed by atoms with Crippen molar-refractivity contribution >= 4 is 0 Å². The molecular formula is C18H29N. The van der Waals surface area contributed by atoms with E-state index in [1.807, 2.05) is 0 Å². The fourth-order valence-corrected chi connectivity index (χ4v) is 3.34. The molecule has 0 aliphatic heterocycles. The van der Waals surface area contributed by atoms with Gasteiger partial charge >= 0.3 is 0 Å². The summed E-state index contributed by atoms with van der Waals surface area (Å²) in [4.78, 5) is 0. The standard InChI is InChI=1S/C18H29N/c19-18(17-13-7-2-1-3-8-14-17)15-9-12-16-10-5-4-6-11-16/h4-6,10-11,17-18H,1-3,7-9,12-15,19H2. The first-order chi connectivity index (χ1) is 9.36. The van der Waals surface area contributed by atoms with E-state index in [9.17, 15) is 0 Å². The van der Waals surface area contributed by atoms with Crippen LogP contribution in [0.25, 0.3) is 0 Å². The summed E-state index contributed by atoms with van der Waals surface area (Å²) < 4.78 is 0. The van der Waals surface area contributed by atoms with Gasteiger partial charge in [0.15, 0.2) is 0 Å². The maximum absolute atomic E-state index is 6.43. The molecule has 2 N–H and O–H groups in total. The van der Waals surface area contributed by atoms with Crippen molar-refractivity contribution in [1.29, 1.82) is 0 Å². The molecule has 0 heterocycles. The third-order valence-electron chi connectivity index (χ3n) is 4.60. The van der Waals surface area contributed by atoms with E-state index in [4.69, 9.17) is 5.73 Å². The number of nitrogens with two attached hydrogens (primary N) is 1. The Morgan fingerprint density at radius 3 is 2.26 bits per heavy atom. The number of aryl methyl sites for hydroxylation is 1. The van der Waals surface area contributed by atoms with Gasteiger partial charge in [-0.1, -0.05) is 62.4 Å². The second kappa shape index (κ2) is 8.37. The highest BCUT2D eigenvalue weighted by molar-refractivity contribution is 5.14. The topological polar surface area (TPSA) is 26.0 Å². The predicted molar refractivity (Wildman–Crippen MR) is 83.2 cm³/mol. The second-order valence-corrected chi connectivity index (χ2v) is 6.15. The molecule has 2 rings (SSSR count). The Bertz CT molecular complexity index is 325. The van der Waals surface area contributed by atoms with E-state index < -0.39 is 0 Å². The lowest BCUT2D eigenvalue weighted by molar-refractivity contribution is 0.309. The first kappa shape index (κ1) is 14.6. The normalized spacial score (nSPS) is 19.6. The number of hydrogen-bond donors (Lipinski definition) is 1. The van der Waals surface area contributed by atoms with E-state index in [1.54, 1.807) is 0 Å². The van der Waals surface area contributed by atoms with Crippen LogP contribution in [0.3, 0.4) is 0 Å². The summed E-state index contributed by atoms with van der Waals surface area (Å²) in [7, 11) is 0. The van der Waals surface area contributed by atoms with Crippen molar-refractivity contribution in [2.24, 2.45) is 11.7 Å². The summed E-state index contributed by atoms with van der Waals surface area (Å²) in [5.74, 6) is 0.788. The molecule has 1 heteroatoms. The van der Waals surface area contributed by atoms with Gasteiger partial charge in [-0.25, -0.2) is 0 Å². The molecule has 1 saturated carbocycles. The quantitative estimate of drug-likeness (QED) is 0.815. The van der Waals surface area contributed by atoms with E-state index in [-0.39, 0.29) is 0 Å². The maximum Gasteiger partial charge on any atom is 0.00672 e. The summed E-state index contributed by atoms with van der Waals surface area (Å²) in [5.41, 5.74) is 7.88. The van der Waals surface area contributed by atoms with Crippen LogP contribution in [0.5, 0.6) is 0 Å². The number of hydrogen-bond acceptors (Lipinski definition) is 1. The molecule has 1 aromatic rings. The molecule has 1 aromatic carbocycles. The van der Waals surface area contributed by atoms with Crippen LogP contribution >= 0.6 is 0 Å². The van der Waals surface area contributed by atoms with Gasteiger partial charge in [-0.15, -0.1) is 0 Å². The minimum atomic E-state index is 0.432. The molecule has 1 atom stereocenters. The summed E-state index contributed by atoms with van der Waals surface area (Å²) in [6, 6.07) is 11.2. The smallest absolute Gasteiger partial charge is 0.00672 e. The van der Waals surface area contributed by atoms with E-state index in [0.29, 0.717) is 6.04 Å². The van der Waals surface area contributed by atoms with Crippen molar-refractivity contribution in [3.05, 3.63) is 35.9 Å². The van der Waals surface area contributed by atoms with Gasteiger partial charge in [0.05, 0.1) is 0 Å². The van der Waals surface area contributed by atoms with Crippen molar-refractivity contribution in [2.45, 2.75) is 70.3 Å². The molecule has 0 saturated heterocycles. The first-order valence-corrected chi connectivity index (χ1v) is 8.16. The Labute approximate surface area is 118 Å². The molecule has 106 valence electrons. The number of rotatable bonds is 5. The Morgan fingerprint density at radius 1 is 0.947 bits per heavy atom. The van der Waals surface area contributed by atoms with Gasteiger partial charge in [0.25, 0.3) is 0 Å². The van der Waals surface area contributed by atoms with Crippen LogP contribution in [0, 0.1) is 5.92 Å². The molecule has 1 aliphatic carbocycles.